The molecule has 0 aliphatic carbocycles. The van der Waals surface area contributed by atoms with Gasteiger partial charge >= 0.3 is 5.97 Å². The number of pyridine rings is 1. The zero-order valence-electron chi connectivity index (χ0n) is 11.3. The largest absolute Gasteiger partial charge is 0.480 e. The monoisotopic (exact) mass is 263 g/mol. The summed E-state index contributed by atoms with van der Waals surface area (Å²) in [7, 11) is 0. The lowest BCUT2D eigenvalue weighted by atomic mass is 10.1. The molecule has 104 valence electrons. The SMILES string of the molecule is CCC(Nc1ccc(N2CCCCC2)nc1)C(=O)O. The Bertz CT molecular complexity index is 413. The highest BCUT2D eigenvalue weighted by Crippen LogP contribution is 2.19. The van der Waals surface area contributed by atoms with E-state index in [1.165, 1.54) is 19.3 Å². The van der Waals surface area contributed by atoms with Crippen LogP contribution >= 0.6 is 0 Å². The van der Waals surface area contributed by atoms with E-state index in [9.17, 15) is 4.79 Å². The van der Waals surface area contributed by atoms with Gasteiger partial charge in [0, 0.05) is 13.1 Å². The number of anilines is 2. The summed E-state index contributed by atoms with van der Waals surface area (Å²) in [5.74, 6) is 0.149. The standard InChI is InChI=1S/C14H21N3O2/c1-2-12(14(18)19)16-11-6-7-13(15-10-11)17-8-4-3-5-9-17/h6-7,10,12,16H,2-5,8-9H2,1H3,(H,18,19). The summed E-state index contributed by atoms with van der Waals surface area (Å²) in [4.78, 5) is 17.7. The average Bonchev–Trinajstić information content (AvgIpc) is 2.46. The first-order valence-corrected chi connectivity index (χ1v) is 6.91. The number of piperidine rings is 1. The highest BCUT2D eigenvalue weighted by atomic mass is 16.4. The van der Waals surface area contributed by atoms with Gasteiger partial charge in [0.1, 0.15) is 11.9 Å². The average molecular weight is 263 g/mol. The number of nitrogens with zero attached hydrogens (tertiary/aromatic N) is 2. The minimum absolute atomic E-state index is 0.545. The van der Waals surface area contributed by atoms with Crippen LogP contribution < -0.4 is 10.2 Å². The van der Waals surface area contributed by atoms with Crippen molar-refractivity contribution in [2.24, 2.45) is 0 Å². The number of hydrogen-bond acceptors (Lipinski definition) is 4. The molecule has 5 heteroatoms. The molecule has 19 heavy (non-hydrogen) atoms. The van der Waals surface area contributed by atoms with Crippen molar-refractivity contribution in [2.45, 2.75) is 38.6 Å². The summed E-state index contributed by atoms with van der Waals surface area (Å²) in [6, 6.07) is 3.31. The van der Waals surface area contributed by atoms with Gasteiger partial charge < -0.3 is 15.3 Å². The van der Waals surface area contributed by atoms with Crippen molar-refractivity contribution in [3.63, 3.8) is 0 Å². The molecule has 0 amide bonds. The van der Waals surface area contributed by atoms with Gasteiger partial charge in [0.05, 0.1) is 11.9 Å². The molecule has 1 atom stereocenters. The number of aliphatic carboxylic acids is 1. The van der Waals surface area contributed by atoms with E-state index in [0.29, 0.717) is 6.42 Å². The number of carbonyl (C=O) groups is 1. The van der Waals surface area contributed by atoms with E-state index in [2.05, 4.69) is 15.2 Å². The Hall–Kier alpha value is -1.78. The van der Waals surface area contributed by atoms with Crippen molar-refractivity contribution >= 4 is 17.5 Å². The molecule has 0 bridgehead atoms. The van der Waals surface area contributed by atoms with E-state index in [1.54, 1.807) is 6.20 Å². The number of nitrogens with one attached hydrogen (secondary N) is 1. The summed E-state index contributed by atoms with van der Waals surface area (Å²) < 4.78 is 0. The van der Waals surface area contributed by atoms with Gasteiger partial charge in [-0.3, -0.25) is 0 Å². The van der Waals surface area contributed by atoms with Gasteiger partial charge in [-0.15, -0.1) is 0 Å². The van der Waals surface area contributed by atoms with Crippen LogP contribution in [0.5, 0.6) is 0 Å². The second-order valence-corrected chi connectivity index (χ2v) is 4.90. The highest BCUT2D eigenvalue weighted by Gasteiger charge is 2.15. The van der Waals surface area contributed by atoms with Gasteiger partial charge in [-0.2, -0.15) is 0 Å². The first-order chi connectivity index (χ1) is 9.20. The lowest BCUT2D eigenvalue weighted by Crippen LogP contribution is -2.30. The van der Waals surface area contributed by atoms with Gasteiger partial charge in [0.2, 0.25) is 0 Å². The van der Waals surface area contributed by atoms with Crippen LogP contribution in [-0.4, -0.2) is 35.2 Å². The quantitative estimate of drug-likeness (QED) is 0.853. The molecule has 2 rings (SSSR count). The van der Waals surface area contributed by atoms with Crippen LogP contribution in [0.1, 0.15) is 32.6 Å². The molecule has 1 aliphatic heterocycles. The van der Waals surface area contributed by atoms with E-state index in [1.807, 2.05) is 19.1 Å². The Morgan fingerprint density at radius 1 is 1.42 bits per heavy atom. The van der Waals surface area contributed by atoms with Crippen LogP contribution in [0.2, 0.25) is 0 Å². The first-order valence-electron chi connectivity index (χ1n) is 6.91. The van der Waals surface area contributed by atoms with Crippen molar-refractivity contribution in [1.29, 1.82) is 0 Å². The third-order valence-electron chi connectivity index (χ3n) is 3.48. The number of rotatable bonds is 5. The third kappa shape index (κ3) is 3.59. The molecule has 1 unspecified atom stereocenters. The van der Waals surface area contributed by atoms with Crippen LogP contribution in [0.3, 0.4) is 0 Å². The fourth-order valence-electron chi connectivity index (χ4n) is 2.32. The smallest absolute Gasteiger partial charge is 0.326 e. The Morgan fingerprint density at radius 2 is 2.16 bits per heavy atom. The molecule has 5 nitrogen and oxygen atoms in total. The van der Waals surface area contributed by atoms with Crippen molar-refractivity contribution in [1.82, 2.24) is 4.98 Å². The molecule has 0 radical (unpaired) electrons. The molecular formula is C14H21N3O2. The molecule has 0 aromatic carbocycles. The molecule has 1 aliphatic rings. The maximum Gasteiger partial charge on any atom is 0.326 e. The van der Waals surface area contributed by atoms with E-state index in [0.717, 1.165) is 24.6 Å². The van der Waals surface area contributed by atoms with Crippen molar-refractivity contribution in [2.75, 3.05) is 23.3 Å². The molecule has 1 aromatic rings. The minimum Gasteiger partial charge on any atom is -0.480 e. The van der Waals surface area contributed by atoms with Crippen molar-refractivity contribution < 1.29 is 9.90 Å². The first kappa shape index (κ1) is 13.6. The molecule has 1 aromatic heterocycles. The fourth-order valence-corrected chi connectivity index (χ4v) is 2.32. The Morgan fingerprint density at radius 3 is 2.68 bits per heavy atom. The second-order valence-electron chi connectivity index (χ2n) is 4.90. The van der Waals surface area contributed by atoms with E-state index in [4.69, 9.17) is 5.11 Å². The molecule has 1 saturated heterocycles. The lowest BCUT2D eigenvalue weighted by molar-refractivity contribution is -0.137. The molecule has 2 heterocycles. The molecule has 0 saturated carbocycles. The van der Waals surface area contributed by atoms with Crippen LogP contribution in [0, 0.1) is 0 Å². The summed E-state index contributed by atoms with van der Waals surface area (Å²) in [6.45, 7) is 3.97. The maximum atomic E-state index is 11.0. The summed E-state index contributed by atoms with van der Waals surface area (Å²) in [5.41, 5.74) is 0.759. The van der Waals surface area contributed by atoms with Crippen LogP contribution in [0.4, 0.5) is 11.5 Å². The number of aromatic nitrogens is 1. The normalized spacial score (nSPS) is 17.0. The fraction of sp³-hybridized carbons (Fsp3) is 0.571. The van der Waals surface area contributed by atoms with Crippen molar-refractivity contribution in [3.8, 4) is 0 Å². The second kappa shape index (κ2) is 6.41. The topological polar surface area (TPSA) is 65.5 Å². The predicted octanol–water partition coefficient (Wildman–Crippen LogP) is 2.35. The van der Waals surface area contributed by atoms with Gasteiger partial charge in [-0.1, -0.05) is 6.92 Å². The minimum atomic E-state index is -0.831. The number of hydrogen-bond donors (Lipinski definition) is 2. The molecular weight excluding hydrogens is 242 g/mol. The maximum absolute atomic E-state index is 11.0. The van der Waals surface area contributed by atoms with Gasteiger partial charge in [-0.05, 0) is 37.8 Å². The molecule has 2 N–H and O–H groups in total. The lowest BCUT2D eigenvalue weighted by Gasteiger charge is -2.27. The molecule has 0 spiro atoms. The van der Waals surface area contributed by atoms with E-state index >= 15 is 0 Å². The third-order valence-corrected chi connectivity index (χ3v) is 3.48. The number of carboxylic acids is 1. The summed E-state index contributed by atoms with van der Waals surface area (Å²) in [5, 5.41) is 12.0. The summed E-state index contributed by atoms with van der Waals surface area (Å²) in [6.07, 6.45) is 6.00. The molecule has 1 fully saturated rings. The Kier molecular flexibility index (Phi) is 4.60. The number of carboxylic acid groups (broad SMARTS) is 1. The van der Waals surface area contributed by atoms with Crippen LogP contribution in [0.15, 0.2) is 18.3 Å². The zero-order valence-corrected chi connectivity index (χ0v) is 11.3. The van der Waals surface area contributed by atoms with E-state index < -0.39 is 12.0 Å². The van der Waals surface area contributed by atoms with Crippen LogP contribution in [-0.2, 0) is 4.79 Å². The van der Waals surface area contributed by atoms with Crippen LogP contribution in [0.25, 0.3) is 0 Å². The zero-order chi connectivity index (χ0) is 13.7. The van der Waals surface area contributed by atoms with Gasteiger partial charge in [0.25, 0.3) is 0 Å². The Labute approximate surface area is 113 Å². The van der Waals surface area contributed by atoms with E-state index in [-0.39, 0.29) is 0 Å². The predicted molar refractivity (Wildman–Crippen MR) is 75.6 cm³/mol. The van der Waals surface area contributed by atoms with Gasteiger partial charge in [0.15, 0.2) is 0 Å². The van der Waals surface area contributed by atoms with Gasteiger partial charge in [-0.25, -0.2) is 9.78 Å². The Balaban J connectivity index is 1.99. The summed E-state index contributed by atoms with van der Waals surface area (Å²) >= 11 is 0. The van der Waals surface area contributed by atoms with Crippen molar-refractivity contribution in [3.05, 3.63) is 18.3 Å². The highest BCUT2D eigenvalue weighted by molar-refractivity contribution is 5.77.